The number of anilines is 1. The van der Waals surface area contributed by atoms with Crippen molar-refractivity contribution in [2.75, 3.05) is 18.5 Å². The number of aryl methyl sites for hydroxylation is 1. The molecule has 1 aromatic rings. The molecule has 90 valence electrons. The number of amides is 1. The Labute approximate surface area is 98.5 Å². The van der Waals surface area contributed by atoms with Crippen LogP contribution in [0.25, 0.3) is 0 Å². The SMILES string of the molecule is Cc1cc(NC(=O)C2(C#N)CCOCC2)on1. The van der Waals surface area contributed by atoms with Gasteiger partial charge < -0.3 is 9.26 Å². The maximum atomic E-state index is 12.1. The van der Waals surface area contributed by atoms with E-state index in [1.165, 1.54) is 0 Å². The summed E-state index contributed by atoms with van der Waals surface area (Å²) in [6.45, 7) is 2.61. The fourth-order valence-electron chi connectivity index (χ4n) is 1.76. The van der Waals surface area contributed by atoms with E-state index in [0.717, 1.165) is 0 Å². The molecule has 0 aliphatic carbocycles. The largest absolute Gasteiger partial charge is 0.381 e. The van der Waals surface area contributed by atoms with E-state index in [0.29, 0.717) is 31.7 Å². The average Bonchev–Trinajstić information content (AvgIpc) is 2.75. The quantitative estimate of drug-likeness (QED) is 0.833. The maximum absolute atomic E-state index is 12.1. The lowest BCUT2D eigenvalue weighted by atomic mass is 9.81. The molecule has 0 bridgehead atoms. The molecule has 0 aromatic carbocycles. The van der Waals surface area contributed by atoms with Crippen molar-refractivity contribution < 1.29 is 14.1 Å². The lowest BCUT2D eigenvalue weighted by Crippen LogP contribution is -2.39. The minimum atomic E-state index is -1.01. The Balaban J connectivity index is 2.10. The van der Waals surface area contributed by atoms with E-state index in [1.54, 1.807) is 13.0 Å². The van der Waals surface area contributed by atoms with Gasteiger partial charge in [-0.1, -0.05) is 5.16 Å². The molecule has 1 N–H and O–H groups in total. The molecule has 1 amide bonds. The molecular formula is C11H13N3O3. The second-order valence-corrected chi connectivity index (χ2v) is 4.09. The minimum Gasteiger partial charge on any atom is -0.381 e. The summed E-state index contributed by atoms with van der Waals surface area (Å²) < 4.78 is 10.1. The van der Waals surface area contributed by atoms with Gasteiger partial charge in [-0.15, -0.1) is 0 Å². The molecule has 0 spiro atoms. The van der Waals surface area contributed by atoms with Crippen LogP contribution in [0, 0.1) is 23.7 Å². The van der Waals surface area contributed by atoms with Crippen LogP contribution in [0.15, 0.2) is 10.6 Å². The number of nitrogens with one attached hydrogen (secondary N) is 1. The van der Waals surface area contributed by atoms with Gasteiger partial charge in [0.15, 0.2) is 0 Å². The number of carbonyl (C=O) groups is 1. The predicted molar refractivity (Wildman–Crippen MR) is 58.0 cm³/mol. The summed E-state index contributed by atoms with van der Waals surface area (Å²) in [4.78, 5) is 12.1. The summed E-state index contributed by atoms with van der Waals surface area (Å²) in [5, 5.41) is 15.4. The van der Waals surface area contributed by atoms with Gasteiger partial charge in [-0.3, -0.25) is 10.1 Å². The zero-order valence-corrected chi connectivity index (χ0v) is 9.52. The Morgan fingerprint density at radius 3 is 2.82 bits per heavy atom. The van der Waals surface area contributed by atoms with Gasteiger partial charge in [-0.05, 0) is 19.8 Å². The topological polar surface area (TPSA) is 88.2 Å². The third kappa shape index (κ3) is 2.29. The summed E-state index contributed by atoms with van der Waals surface area (Å²) in [5.41, 5.74) is -0.336. The smallest absolute Gasteiger partial charge is 0.247 e. The lowest BCUT2D eigenvalue weighted by molar-refractivity contribution is -0.127. The van der Waals surface area contributed by atoms with Gasteiger partial charge in [0.25, 0.3) is 0 Å². The molecular weight excluding hydrogens is 222 g/mol. The number of hydrogen-bond donors (Lipinski definition) is 1. The second-order valence-electron chi connectivity index (χ2n) is 4.09. The molecule has 2 heterocycles. The van der Waals surface area contributed by atoms with Crippen molar-refractivity contribution in [1.29, 1.82) is 5.26 Å². The number of ether oxygens (including phenoxy) is 1. The van der Waals surface area contributed by atoms with Crippen molar-refractivity contribution in [2.24, 2.45) is 5.41 Å². The van der Waals surface area contributed by atoms with E-state index >= 15 is 0 Å². The molecule has 0 atom stereocenters. The molecule has 1 saturated heterocycles. The highest BCUT2D eigenvalue weighted by Gasteiger charge is 2.40. The van der Waals surface area contributed by atoms with Gasteiger partial charge in [0.2, 0.25) is 11.8 Å². The maximum Gasteiger partial charge on any atom is 0.247 e. The molecule has 0 unspecified atom stereocenters. The van der Waals surface area contributed by atoms with E-state index < -0.39 is 5.41 Å². The predicted octanol–water partition coefficient (Wildman–Crippen LogP) is 1.24. The molecule has 2 rings (SSSR count). The number of aromatic nitrogens is 1. The van der Waals surface area contributed by atoms with Crippen molar-refractivity contribution in [2.45, 2.75) is 19.8 Å². The Bertz CT molecular complexity index is 455. The van der Waals surface area contributed by atoms with Gasteiger partial charge in [-0.25, -0.2) is 0 Å². The highest BCUT2D eigenvalue weighted by atomic mass is 16.5. The third-order valence-corrected chi connectivity index (χ3v) is 2.86. The zero-order valence-electron chi connectivity index (χ0n) is 9.52. The van der Waals surface area contributed by atoms with E-state index in [-0.39, 0.29) is 11.8 Å². The molecule has 1 fully saturated rings. The number of rotatable bonds is 2. The molecule has 17 heavy (non-hydrogen) atoms. The van der Waals surface area contributed by atoms with Crippen LogP contribution in [-0.4, -0.2) is 24.3 Å². The normalized spacial score (nSPS) is 18.4. The Morgan fingerprint density at radius 2 is 2.29 bits per heavy atom. The number of hydrogen-bond acceptors (Lipinski definition) is 5. The summed E-state index contributed by atoms with van der Waals surface area (Å²) in [5.74, 6) is -0.0759. The highest BCUT2D eigenvalue weighted by Crippen LogP contribution is 2.31. The van der Waals surface area contributed by atoms with Crippen molar-refractivity contribution in [3.8, 4) is 6.07 Å². The van der Waals surface area contributed by atoms with Crippen LogP contribution >= 0.6 is 0 Å². The number of carbonyl (C=O) groups excluding carboxylic acids is 1. The van der Waals surface area contributed by atoms with Crippen molar-refractivity contribution in [3.05, 3.63) is 11.8 Å². The molecule has 0 saturated carbocycles. The standard InChI is InChI=1S/C11H13N3O3/c1-8-6-9(17-14-8)13-10(15)11(7-12)2-4-16-5-3-11/h6H,2-5H2,1H3,(H,13,15). The van der Waals surface area contributed by atoms with Crippen LogP contribution < -0.4 is 5.32 Å². The van der Waals surface area contributed by atoms with Crippen LogP contribution in [0.5, 0.6) is 0 Å². The van der Waals surface area contributed by atoms with Crippen LogP contribution in [-0.2, 0) is 9.53 Å². The molecule has 1 aromatic heterocycles. The van der Waals surface area contributed by atoms with E-state index in [1.807, 2.05) is 0 Å². The van der Waals surface area contributed by atoms with Gasteiger partial charge in [-0.2, -0.15) is 5.26 Å². The van der Waals surface area contributed by atoms with Gasteiger partial charge in [0, 0.05) is 19.3 Å². The molecule has 6 heteroatoms. The first-order valence-electron chi connectivity index (χ1n) is 5.40. The van der Waals surface area contributed by atoms with Crippen LogP contribution in [0.3, 0.4) is 0 Å². The average molecular weight is 235 g/mol. The minimum absolute atomic E-state index is 0.272. The van der Waals surface area contributed by atoms with Gasteiger partial charge >= 0.3 is 0 Å². The first-order chi connectivity index (χ1) is 8.16. The van der Waals surface area contributed by atoms with Crippen molar-refractivity contribution in [1.82, 2.24) is 5.16 Å². The summed E-state index contributed by atoms with van der Waals surface area (Å²) in [6.07, 6.45) is 0.810. The Hall–Kier alpha value is -1.87. The summed E-state index contributed by atoms with van der Waals surface area (Å²) in [7, 11) is 0. The molecule has 1 aliphatic heterocycles. The third-order valence-electron chi connectivity index (χ3n) is 2.86. The first-order valence-corrected chi connectivity index (χ1v) is 5.40. The molecule has 0 radical (unpaired) electrons. The fraction of sp³-hybridized carbons (Fsp3) is 0.545. The molecule has 6 nitrogen and oxygen atoms in total. The Kier molecular flexibility index (Phi) is 3.11. The first kappa shape index (κ1) is 11.6. The van der Waals surface area contributed by atoms with E-state index in [9.17, 15) is 10.1 Å². The summed E-state index contributed by atoms with van der Waals surface area (Å²) in [6, 6.07) is 3.70. The van der Waals surface area contributed by atoms with Gasteiger partial charge in [0.05, 0.1) is 11.8 Å². The van der Waals surface area contributed by atoms with Crippen LogP contribution in [0.4, 0.5) is 5.88 Å². The monoisotopic (exact) mass is 235 g/mol. The number of nitrogens with zero attached hydrogens (tertiary/aromatic N) is 2. The number of nitriles is 1. The van der Waals surface area contributed by atoms with Crippen molar-refractivity contribution in [3.63, 3.8) is 0 Å². The molecule has 1 aliphatic rings. The highest BCUT2D eigenvalue weighted by molar-refractivity contribution is 5.96. The fourth-order valence-corrected chi connectivity index (χ4v) is 1.76. The Morgan fingerprint density at radius 1 is 1.59 bits per heavy atom. The lowest BCUT2D eigenvalue weighted by Gasteiger charge is -2.28. The zero-order chi connectivity index (χ0) is 12.3. The van der Waals surface area contributed by atoms with Gasteiger partial charge in [0.1, 0.15) is 5.41 Å². The van der Waals surface area contributed by atoms with Crippen LogP contribution in [0.2, 0.25) is 0 Å². The summed E-state index contributed by atoms with van der Waals surface area (Å²) >= 11 is 0. The van der Waals surface area contributed by atoms with E-state index in [2.05, 4.69) is 16.5 Å². The van der Waals surface area contributed by atoms with Crippen LogP contribution in [0.1, 0.15) is 18.5 Å². The van der Waals surface area contributed by atoms with E-state index in [4.69, 9.17) is 9.26 Å². The van der Waals surface area contributed by atoms with Crippen molar-refractivity contribution >= 4 is 11.8 Å². The second kappa shape index (κ2) is 4.55.